The van der Waals surface area contributed by atoms with Crippen molar-refractivity contribution >= 4 is 28.9 Å². The third kappa shape index (κ3) is 6.77. The Balaban J connectivity index is 1.46. The van der Waals surface area contributed by atoms with Gasteiger partial charge < -0.3 is 16.0 Å². The van der Waals surface area contributed by atoms with Crippen molar-refractivity contribution in [1.82, 2.24) is 0 Å². The number of hydrogen-bond acceptors (Lipinski definition) is 3. The Labute approximate surface area is 169 Å². The van der Waals surface area contributed by atoms with E-state index < -0.39 is 0 Å². The molecule has 0 aromatic heterocycles. The number of nitrogens with one attached hydrogen (secondary N) is 3. The number of hydrogen-bond donors (Lipinski definition) is 3. The van der Waals surface area contributed by atoms with Gasteiger partial charge in [-0.1, -0.05) is 36.4 Å². The van der Waals surface area contributed by atoms with E-state index in [2.05, 4.69) is 16.0 Å². The van der Waals surface area contributed by atoms with Crippen molar-refractivity contribution in [2.75, 3.05) is 22.5 Å². The molecule has 3 rings (SSSR count). The summed E-state index contributed by atoms with van der Waals surface area (Å²) in [4.78, 5) is 24.2. The number of anilines is 3. The fourth-order valence-corrected chi connectivity index (χ4v) is 2.75. The van der Waals surface area contributed by atoms with Crippen molar-refractivity contribution in [1.29, 1.82) is 0 Å². The minimum Gasteiger partial charge on any atom is -0.376 e. The first-order chi connectivity index (χ1) is 14.1. The van der Waals surface area contributed by atoms with Crippen molar-refractivity contribution in [3.8, 4) is 0 Å². The van der Waals surface area contributed by atoms with Crippen LogP contribution in [0.25, 0.3) is 0 Å². The van der Waals surface area contributed by atoms with E-state index in [1.165, 1.54) is 24.3 Å². The maximum atomic E-state index is 12.9. The molecule has 0 bridgehead atoms. The van der Waals surface area contributed by atoms with E-state index in [1.54, 1.807) is 18.2 Å². The molecule has 3 N–H and O–H groups in total. The lowest BCUT2D eigenvalue weighted by atomic mass is 10.1. The second-order valence-corrected chi connectivity index (χ2v) is 6.52. The van der Waals surface area contributed by atoms with Crippen molar-refractivity contribution in [2.24, 2.45) is 0 Å². The SMILES string of the molecule is O=C(CCc1ccccc1)Nc1cccc(NCC(=O)Nc2ccc(F)cc2)c1. The minimum atomic E-state index is -0.358. The van der Waals surface area contributed by atoms with E-state index in [-0.39, 0.29) is 24.2 Å². The molecule has 0 aliphatic rings. The molecular weight excluding hydrogens is 369 g/mol. The molecule has 0 unspecified atom stereocenters. The van der Waals surface area contributed by atoms with Crippen LogP contribution in [0.1, 0.15) is 12.0 Å². The van der Waals surface area contributed by atoms with Crippen LogP contribution in [0.5, 0.6) is 0 Å². The topological polar surface area (TPSA) is 70.2 Å². The fourth-order valence-electron chi connectivity index (χ4n) is 2.75. The molecule has 6 heteroatoms. The highest BCUT2D eigenvalue weighted by molar-refractivity contribution is 5.94. The van der Waals surface area contributed by atoms with E-state index in [1.807, 2.05) is 36.4 Å². The third-order valence-corrected chi connectivity index (χ3v) is 4.21. The average Bonchev–Trinajstić information content (AvgIpc) is 2.73. The predicted molar refractivity (Wildman–Crippen MR) is 113 cm³/mol. The van der Waals surface area contributed by atoms with Crippen LogP contribution >= 0.6 is 0 Å². The molecule has 0 heterocycles. The van der Waals surface area contributed by atoms with Gasteiger partial charge >= 0.3 is 0 Å². The van der Waals surface area contributed by atoms with E-state index in [0.717, 1.165) is 5.56 Å². The molecule has 29 heavy (non-hydrogen) atoms. The highest BCUT2D eigenvalue weighted by Crippen LogP contribution is 2.16. The molecule has 0 radical (unpaired) electrons. The normalized spacial score (nSPS) is 10.2. The van der Waals surface area contributed by atoms with Gasteiger partial charge in [0.15, 0.2) is 0 Å². The zero-order valence-electron chi connectivity index (χ0n) is 15.8. The molecule has 3 aromatic carbocycles. The van der Waals surface area contributed by atoms with Gasteiger partial charge in [0.05, 0.1) is 6.54 Å². The van der Waals surface area contributed by atoms with E-state index in [4.69, 9.17) is 0 Å². The molecule has 3 aromatic rings. The maximum Gasteiger partial charge on any atom is 0.243 e. The second-order valence-electron chi connectivity index (χ2n) is 6.52. The summed E-state index contributed by atoms with van der Waals surface area (Å²) in [5, 5.41) is 8.56. The van der Waals surface area contributed by atoms with Crippen LogP contribution in [-0.2, 0) is 16.0 Å². The molecule has 0 atom stereocenters. The number of benzene rings is 3. The Bertz CT molecular complexity index is 959. The van der Waals surface area contributed by atoms with Crippen LogP contribution in [0.3, 0.4) is 0 Å². The van der Waals surface area contributed by atoms with Gasteiger partial charge in [0.25, 0.3) is 0 Å². The van der Waals surface area contributed by atoms with Gasteiger partial charge in [-0.3, -0.25) is 9.59 Å². The largest absolute Gasteiger partial charge is 0.376 e. The molecular formula is C23H22FN3O2. The molecule has 0 saturated carbocycles. The summed E-state index contributed by atoms with van der Waals surface area (Å²) < 4.78 is 12.9. The number of amides is 2. The Morgan fingerprint density at radius 2 is 1.41 bits per heavy atom. The summed E-state index contributed by atoms with van der Waals surface area (Å²) in [7, 11) is 0. The van der Waals surface area contributed by atoms with Crippen LogP contribution in [0.4, 0.5) is 21.5 Å². The van der Waals surface area contributed by atoms with Gasteiger partial charge in [0, 0.05) is 23.5 Å². The number of carbonyl (C=O) groups is 2. The molecule has 0 saturated heterocycles. The Hall–Kier alpha value is -3.67. The molecule has 2 amide bonds. The summed E-state index contributed by atoms with van der Waals surface area (Å²) in [5.74, 6) is -0.683. The van der Waals surface area contributed by atoms with Gasteiger partial charge in [0.2, 0.25) is 11.8 Å². The lowest BCUT2D eigenvalue weighted by Crippen LogP contribution is -2.21. The fraction of sp³-hybridized carbons (Fsp3) is 0.130. The standard InChI is InChI=1S/C23H22FN3O2/c24-18-10-12-19(13-11-18)26-23(29)16-25-20-7-4-8-21(15-20)27-22(28)14-9-17-5-2-1-3-6-17/h1-8,10-13,15,25H,9,14,16H2,(H,26,29)(H,27,28). The number of rotatable bonds is 8. The molecule has 0 fully saturated rings. The summed E-state index contributed by atoms with van der Waals surface area (Å²) >= 11 is 0. The summed E-state index contributed by atoms with van der Waals surface area (Å²) in [5.41, 5.74) is 3.01. The first-order valence-corrected chi connectivity index (χ1v) is 9.31. The Morgan fingerprint density at radius 1 is 0.724 bits per heavy atom. The van der Waals surface area contributed by atoms with Crippen LogP contribution in [0, 0.1) is 5.82 Å². The number of aryl methyl sites for hydroxylation is 1. The third-order valence-electron chi connectivity index (χ3n) is 4.21. The molecule has 5 nitrogen and oxygen atoms in total. The second kappa shape index (κ2) is 10.0. The highest BCUT2D eigenvalue weighted by atomic mass is 19.1. The zero-order valence-corrected chi connectivity index (χ0v) is 15.8. The van der Waals surface area contributed by atoms with Crippen LogP contribution in [0.2, 0.25) is 0 Å². The van der Waals surface area contributed by atoms with E-state index in [9.17, 15) is 14.0 Å². The van der Waals surface area contributed by atoms with Gasteiger partial charge in [-0.2, -0.15) is 0 Å². The number of carbonyl (C=O) groups excluding carboxylic acids is 2. The van der Waals surface area contributed by atoms with Crippen LogP contribution < -0.4 is 16.0 Å². The zero-order chi connectivity index (χ0) is 20.5. The van der Waals surface area contributed by atoms with E-state index >= 15 is 0 Å². The Kier molecular flexibility index (Phi) is 6.95. The number of halogens is 1. The van der Waals surface area contributed by atoms with Crippen molar-refractivity contribution in [3.05, 3.63) is 90.2 Å². The molecule has 0 aliphatic heterocycles. The quantitative estimate of drug-likeness (QED) is 0.531. The first kappa shape index (κ1) is 20.1. The van der Waals surface area contributed by atoms with Crippen molar-refractivity contribution in [3.63, 3.8) is 0 Å². The van der Waals surface area contributed by atoms with Crippen molar-refractivity contribution < 1.29 is 14.0 Å². The maximum absolute atomic E-state index is 12.9. The predicted octanol–water partition coefficient (Wildman–Crippen LogP) is 4.45. The summed E-state index contributed by atoms with van der Waals surface area (Å²) in [6.45, 7) is 0.0444. The van der Waals surface area contributed by atoms with Gasteiger partial charge in [-0.25, -0.2) is 4.39 Å². The van der Waals surface area contributed by atoms with Gasteiger partial charge in [-0.05, 0) is 54.4 Å². The smallest absolute Gasteiger partial charge is 0.243 e. The van der Waals surface area contributed by atoms with Crippen LogP contribution in [-0.4, -0.2) is 18.4 Å². The first-order valence-electron chi connectivity index (χ1n) is 9.31. The van der Waals surface area contributed by atoms with Gasteiger partial charge in [0.1, 0.15) is 5.82 Å². The minimum absolute atomic E-state index is 0.0444. The monoisotopic (exact) mass is 391 g/mol. The van der Waals surface area contributed by atoms with E-state index in [0.29, 0.717) is 29.9 Å². The average molecular weight is 391 g/mol. The highest BCUT2D eigenvalue weighted by Gasteiger charge is 2.06. The summed E-state index contributed by atoms with van der Waals surface area (Å²) in [6.07, 6.45) is 1.07. The molecule has 0 spiro atoms. The van der Waals surface area contributed by atoms with Gasteiger partial charge in [-0.15, -0.1) is 0 Å². The van der Waals surface area contributed by atoms with Crippen molar-refractivity contribution in [2.45, 2.75) is 12.8 Å². The van der Waals surface area contributed by atoms with Crippen LogP contribution in [0.15, 0.2) is 78.9 Å². The lowest BCUT2D eigenvalue weighted by Gasteiger charge is -2.10. The molecule has 0 aliphatic carbocycles. The molecule has 148 valence electrons. The summed E-state index contributed by atoms with van der Waals surface area (Å²) in [6, 6.07) is 22.6. The lowest BCUT2D eigenvalue weighted by molar-refractivity contribution is -0.116. The Morgan fingerprint density at radius 3 is 2.17 bits per heavy atom.